The highest BCUT2D eigenvalue weighted by Gasteiger charge is 2.40. The van der Waals surface area contributed by atoms with Crippen LogP contribution in [0.5, 0.6) is 0 Å². The van der Waals surface area contributed by atoms with Crippen molar-refractivity contribution in [1.29, 1.82) is 0 Å². The van der Waals surface area contributed by atoms with E-state index in [0.29, 0.717) is 31.0 Å². The molecule has 2 saturated carbocycles. The lowest BCUT2D eigenvalue weighted by molar-refractivity contribution is -0.0514. The van der Waals surface area contributed by atoms with Crippen molar-refractivity contribution >= 4 is 5.91 Å². The molecule has 21 heavy (non-hydrogen) atoms. The van der Waals surface area contributed by atoms with E-state index in [-0.39, 0.29) is 24.8 Å². The Bertz CT molecular complexity index is 492. The Hall–Kier alpha value is -1.52. The molecule has 114 valence electrons. The van der Waals surface area contributed by atoms with Crippen LogP contribution in [-0.2, 0) is 0 Å². The van der Waals surface area contributed by atoms with E-state index in [0.717, 1.165) is 12.8 Å². The highest BCUT2D eigenvalue weighted by atomic mass is 19.3. The molecule has 1 amide bonds. The van der Waals surface area contributed by atoms with Crippen molar-refractivity contribution in [2.24, 2.45) is 5.92 Å². The molecule has 0 saturated heterocycles. The van der Waals surface area contributed by atoms with Crippen molar-refractivity contribution in [1.82, 2.24) is 9.88 Å². The van der Waals surface area contributed by atoms with E-state index < -0.39 is 5.92 Å². The molecule has 3 rings (SSSR count). The van der Waals surface area contributed by atoms with E-state index in [9.17, 15) is 13.6 Å². The molecule has 0 N–H and O–H groups in total. The summed E-state index contributed by atoms with van der Waals surface area (Å²) in [5.41, 5.74) is 0.412. The second-order valence-corrected chi connectivity index (χ2v) is 6.20. The van der Waals surface area contributed by atoms with Crippen molar-refractivity contribution in [3.05, 3.63) is 30.1 Å². The topological polar surface area (TPSA) is 33.2 Å². The maximum absolute atomic E-state index is 13.3. The van der Waals surface area contributed by atoms with Crippen LogP contribution in [0.4, 0.5) is 8.78 Å². The van der Waals surface area contributed by atoms with Gasteiger partial charge in [-0.25, -0.2) is 8.78 Å². The average molecular weight is 294 g/mol. The summed E-state index contributed by atoms with van der Waals surface area (Å²) in [6.07, 6.45) is 4.40. The number of alkyl halides is 2. The van der Waals surface area contributed by atoms with Crippen LogP contribution in [-0.4, -0.2) is 34.3 Å². The first-order valence-electron chi connectivity index (χ1n) is 7.65. The van der Waals surface area contributed by atoms with Crippen LogP contribution in [0.15, 0.2) is 24.4 Å². The Morgan fingerprint density at radius 3 is 2.52 bits per heavy atom. The van der Waals surface area contributed by atoms with Crippen LogP contribution >= 0.6 is 0 Å². The normalized spacial score (nSPS) is 22.0. The van der Waals surface area contributed by atoms with Gasteiger partial charge in [0.25, 0.3) is 5.91 Å². The Morgan fingerprint density at radius 2 is 1.95 bits per heavy atom. The highest BCUT2D eigenvalue weighted by Crippen LogP contribution is 2.37. The molecule has 1 aromatic rings. The second-order valence-electron chi connectivity index (χ2n) is 6.20. The molecule has 0 radical (unpaired) electrons. The monoisotopic (exact) mass is 294 g/mol. The molecule has 1 heterocycles. The van der Waals surface area contributed by atoms with Crippen LogP contribution < -0.4 is 0 Å². The zero-order chi connectivity index (χ0) is 14.9. The molecule has 0 atom stereocenters. The molecule has 2 aliphatic rings. The number of aromatic nitrogens is 1. The van der Waals surface area contributed by atoms with E-state index >= 15 is 0 Å². The van der Waals surface area contributed by atoms with Crippen molar-refractivity contribution in [3.8, 4) is 0 Å². The third-order valence-electron chi connectivity index (χ3n) is 4.42. The second kappa shape index (κ2) is 5.70. The summed E-state index contributed by atoms with van der Waals surface area (Å²) in [7, 11) is 0. The molecule has 0 aromatic carbocycles. The Morgan fingerprint density at radius 1 is 1.24 bits per heavy atom. The molecule has 3 nitrogen and oxygen atoms in total. The zero-order valence-electron chi connectivity index (χ0n) is 12.0. The van der Waals surface area contributed by atoms with E-state index in [2.05, 4.69) is 4.98 Å². The van der Waals surface area contributed by atoms with Gasteiger partial charge in [0, 0.05) is 31.6 Å². The molecule has 0 unspecified atom stereocenters. The van der Waals surface area contributed by atoms with Crippen LogP contribution in [0.3, 0.4) is 0 Å². The molecule has 0 bridgehead atoms. The Kier molecular flexibility index (Phi) is 3.91. The number of rotatable bonds is 4. The predicted octanol–water partition coefficient (Wildman–Crippen LogP) is 3.51. The van der Waals surface area contributed by atoms with Crippen molar-refractivity contribution in [3.63, 3.8) is 0 Å². The molecule has 2 fully saturated rings. The number of halogens is 2. The van der Waals surface area contributed by atoms with Crippen molar-refractivity contribution in [2.75, 3.05) is 6.54 Å². The van der Waals surface area contributed by atoms with Crippen LogP contribution in [0.25, 0.3) is 0 Å². The minimum atomic E-state index is -2.56. The molecule has 5 heteroatoms. The SMILES string of the molecule is O=C(c1ccccn1)N(CC1CC1)C1CCC(F)(F)CC1. The van der Waals surface area contributed by atoms with Gasteiger partial charge in [-0.15, -0.1) is 0 Å². The van der Waals surface area contributed by atoms with E-state index in [1.165, 1.54) is 0 Å². The average Bonchev–Trinajstić information content (AvgIpc) is 3.30. The number of carbonyl (C=O) groups excluding carboxylic acids is 1. The summed E-state index contributed by atoms with van der Waals surface area (Å²) >= 11 is 0. The fourth-order valence-electron chi connectivity index (χ4n) is 2.95. The summed E-state index contributed by atoms with van der Waals surface area (Å²) in [6, 6.07) is 5.17. The van der Waals surface area contributed by atoms with E-state index in [4.69, 9.17) is 0 Å². The quantitative estimate of drug-likeness (QED) is 0.851. The fraction of sp³-hybridized carbons (Fsp3) is 0.625. The molecular weight excluding hydrogens is 274 g/mol. The van der Waals surface area contributed by atoms with E-state index in [1.807, 2.05) is 0 Å². The van der Waals surface area contributed by atoms with Crippen LogP contribution in [0.1, 0.15) is 49.0 Å². The summed E-state index contributed by atoms with van der Waals surface area (Å²) < 4.78 is 26.6. The summed E-state index contributed by atoms with van der Waals surface area (Å²) in [6.45, 7) is 0.686. The molecule has 0 aliphatic heterocycles. The standard InChI is InChI=1S/C16H20F2N2O/c17-16(18)8-6-13(7-9-16)20(11-12-4-5-12)15(21)14-3-1-2-10-19-14/h1-3,10,12-13H,4-9,11H2. The molecule has 2 aliphatic carbocycles. The van der Waals surface area contributed by atoms with Crippen molar-refractivity contribution < 1.29 is 13.6 Å². The minimum absolute atomic E-state index is 0.0697. The maximum atomic E-state index is 13.3. The molecule has 1 aromatic heterocycles. The minimum Gasteiger partial charge on any atom is -0.334 e. The van der Waals surface area contributed by atoms with Gasteiger partial charge < -0.3 is 4.90 Å². The van der Waals surface area contributed by atoms with Gasteiger partial charge in [-0.05, 0) is 43.7 Å². The van der Waals surface area contributed by atoms with Gasteiger partial charge >= 0.3 is 0 Å². The van der Waals surface area contributed by atoms with E-state index in [1.54, 1.807) is 29.3 Å². The Balaban J connectivity index is 1.73. The fourth-order valence-corrected chi connectivity index (χ4v) is 2.95. The van der Waals surface area contributed by atoms with Gasteiger partial charge in [0.2, 0.25) is 5.92 Å². The third kappa shape index (κ3) is 3.57. The summed E-state index contributed by atoms with van der Waals surface area (Å²) in [4.78, 5) is 18.6. The summed E-state index contributed by atoms with van der Waals surface area (Å²) in [5, 5.41) is 0. The lowest BCUT2D eigenvalue weighted by Crippen LogP contribution is -2.45. The van der Waals surface area contributed by atoms with Gasteiger partial charge in [-0.3, -0.25) is 9.78 Å². The third-order valence-corrected chi connectivity index (χ3v) is 4.42. The first kappa shape index (κ1) is 14.4. The van der Waals surface area contributed by atoms with Gasteiger partial charge in [-0.2, -0.15) is 0 Å². The van der Waals surface area contributed by atoms with Gasteiger partial charge in [0.05, 0.1) is 0 Å². The lowest BCUT2D eigenvalue weighted by Gasteiger charge is -2.36. The van der Waals surface area contributed by atoms with Crippen LogP contribution in [0, 0.1) is 5.92 Å². The van der Waals surface area contributed by atoms with Crippen molar-refractivity contribution in [2.45, 2.75) is 50.5 Å². The summed E-state index contributed by atoms with van der Waals surface area (Å²) in [5.74, 6) is -2.13. The number of hydrogen-bond acceptors (Lipinski definition) is 2. The van der Waals surface area contributed by atoms with Gasteiger partial charge in [0.1, 0.15) is 5.69 Å². The highest BCUT2D eigenvalue weighted by molar-refractivity contribution is 5.92. The zero-order valence-corrected chi connectivity index (χ0v) is 12.0. The molecule has 0 spiro atoms. The van der Waals surface area contributed by atoms with Gasteiger partial charge in [0.15, 0.2) is 0 Å². The number of amides is 1. The smallest absolute Gasteiger partial charge is 0.272 e. The first-order valence-corrected chi connectivity index (χ1v) is 7.65. The number of carbonyl (C=O) groups is 1. The number of nitrogens with zero attached hydrogens (tertiary/aromatic N) is 2. The first-order chi connectivity index (χ1) is 10.1. The van der Waals surface area contributed by atoms with Gasteiger partial charge in [-0.1, -0.05) is 6.07 Å². The van der Waals surface area contributed by atoms with Crippen LogP contribution in [0.2, 0.25) is 0 Å². The largest absolute Gasteiger partial charge is 0.334 e. The maximum Gasteiger partial charge on any atom is 0.272 e. The number of hydrogen-bond donors (Lipinski definition) is 0. The Labute approximate surface area is 123 Å². The lowest BCUT2D eigenvalue weighted by atomic mass is 9.90. The predicted molar refractivity (Wildman–Crippen MR) is 75.2 cm³/mol. The number of pyridine rings is 1. The molecular formula is C16H20F2N2O.